The van der Waals surface area contributed by atoms with E-state index in [2.05, 4.69) is 0 Å². The summed E-state index contributed by atoms with van der Waals surface area (Å²) in [5.41, 5.74) is 0. The van der Waals surface area contributed by atoms with Gasteiger partial charge in [-0.1, -0.05) is 162 Å². The minimum Gasteiger partial charge on any atom is -0.109 e. The van der Waals surface area contributed by atoms with E-state index in [1.807, 2.05) is 0 Å². The third kappa shape index (κ3) is 4.84. The Morgan fingerprint density at radius 2 is 0.773 bits per heavy atom. The van der Waals surface area contributed by atoms with Gasteiger partial charge in [0.25, 0.3) is 0 Å². The molecule has 0 saturated carbocycles. The zero-order chi connectivity index (χ0) is 18.6. The summed E-state index contributed by atoms with van der Waals surface area (Å²) in [6, 6.07) is 0. The van der Waals surface area contributed by atoms with Crippen molar-refractivity contribution in [3.8, 4) is 0 Å². The van der Waals surface area contributed by atoms with Crippen LogP contribution in [-0.2, 0) is 0 Å². The van der Waals surface area contributed by atoms with Gasteiger partial charge in [0.15, 0.2) is 18.4 Å². The lowest BCUT2D eigenvalue weighted by Gasteiger charge is -2.49. The van der Waals surface area contributed by atoms with Crippen LogP contribution in [0, 0.1) is 5.38 Å². The zero-order valence-corrected chi connectivity index (χ0v) is 20.5. The molecular weight excluding hydrogens is 616 g/mol. The van der Waals surface area contributed by atoms with Gasteiger partial charge < -0.3 is 0 Å². The molecule has 0 fully saturated rings. The average molecular weight is 616 g/mol. The molecule has 0 aliphatic heterocycles. The number of rotatable bonds is 4. The van der Waals surface area contributed by atoms with Gasteiger partial charge in [-0.05, 0) is 0 Å². The van der Waals surface area contributed by atoms with Crippen LogP contribution in [0.15, 0.2) is 0 Å². The number of hydrogen-bond acceptors (Lipinski definition) is 0. The van der Waals surface area contributed by atoms with Crippen molar-refractivity contribution in [2.45, 2.75) is 24.9 Å². The van der Waals surface area contributed by atoms with Crippen molar-refractivity contribution < 1.29 is 0 Å². The molecule has 0 nitrogen and oxygen atoms in total. The van der Waals surface area contributed by atoms with Gasteiger partial charge in [0.2, 0.25) is 11.9 Å². The van der Waals surface area contributed by atoms with Crippen LogP contribution in [0.25, 0.3) is 0 Å². The summed E-state index contributed by atoms with van der Waals surface area (Å²) in [4.78, 5) is 0. The molecule has 0 heterocycles. The maximum Gasteiger partial charge on any atom is 0.226 e. The first kappa shape index (κ1) is 26.4. The molecule has 22 heavy (non-hydrogen) atoms. The van der Waals surface area contributed by atoms with E-state index in [-0.39, 0.29) is 0 Å². The molecule has 0 aromatic rings. The second-order valence-electron chi connectivity index (χ2n) is 3.61. The van der Waals surface area contributed by atoms with Crippen LogP contribution >= 0.6 is 174 Å². The highest BCUT2D eigenvalue weighted by Crippen LogP contribution is 2.69. The quantitative estimate of drug-likeness (QED) is 0.277. The normalized spacial score (nSPS) is 16.4. The van der Waals surface area contributed by atoms with E-state index in [9.17, 15) is 0 Å². The number of hydrogen-bond donors (Lipinski definition) is 0. The van der Waals surface area contributed by atoms with Crippen molar-refractivity contribution in [2.75, 3.05) is 0 Å². The molecule has 0 amide bonds. The van der Waals surface area contributed by atoms with Crippen LogP contribution < -0.4 is 0 Å². The van der Waals surface area contributed by atoms with Crippen LogP contribution in [0.1, 0.15) is 0 Å². The van der Waals surface area contributed by atoms with Crippen molar-refractivity contribution >= 4 is 174 Å². The monoisotopic (exact) mass is 609 g/mol. The van der Waals surface area contributed by atoms with E-state index >= 15 is 0 Å². The summed E-state index contributed by atoms with van der Waals surface area (Å²) >= 11 is 87.1. The number of alkyl halides is 14. The first-order valence-corrected chi connectivity index (χ1v) is 10.0. The van der Waals surface area contributed by atoms with Crippen LogP contribution in [0.4, 0.5) is 0 Å². The van der Waals surface area contributed by atoms with Gasteiger partial charge in [-0.25, -0.2) is 0 Å². The Labute approximate surface area is 201 Å². The van der Waals surface area contributed by atoms with Gasteiger partial charge in [0, 0.05) is 0 Å². The van der Waals surface area contributed by atoms with E-state index in [0.29, 0.717) is 0 Å². The smallest absolute Gasteiger partial charge is 0.109 e. The molecule has 0 spiro atoms. The molecule has 0 aromatic heterocycles. The van der Waals surface area contributed by atoms with E-state index in [4.69, 9.17) is 174 Å². The Balaban J connectivity index is 6.12. The number of halogens is 15. The molecule has 0 rings (SSSR count). The molecule has 133 valence electrons. The van der Waals surface area contributed by atoms with Crippen LogP contribution in [0.5, 0.6) is 0 Å². The fourth-order valence-corrected chi connectivity index (χ4v) is 4.83. The third-order valence-corrected chi connectivity index (χ3v) is 10.6. The fourth-order valence-electron chi connectivity index (χ4n) is 0.888. The second-order valence-corrected chi connectivity index (χ2v) is 13.9. The molecule has 0 bridgehead atoms. The molecule has 0 aliphatic rings. The SMILES string of the molecule is Cl[C](C(Cl)(Cl)Cl)C(Cl)(Cl)C(Cl)(Cl)C(Cl)(Cl)C(Cl)(Cl)C(Cl)(Cl)Cl. The largest absolute Gasteiger partial charge is 0.226 e. The molecule has 0 aliphatic carbocycles. The fraction of sp³-hybridized carbons (Fsp3) is 0.857. The molecule has 0 atom stereocenters. The van der Waals surface area contributed by atoms with Gasteiger partial charge in [-0.15, -0.1) is 11.6 Å². The Morgan fingerprint density at radius 3 is 1.00 bits per heavy atom. The van der Waals surface area contributed by atoms with Gasteiger partial charge in [-0.3, -0.25) is 0 Å². The molecule has 0 aromatic carbocycles. The van der Waals surface area contributed by atoms with Crippen molar-refractivity contribution in [3.63, 3.8) is 0 Å². The van der Waals surface area contributed by atoms with E-state index in [0.717, 1.165) is 0 Å². The molecular formula is C7Cl15. The summed E-state index contributed by atoms with van der Waals surface area (Å²) in [6.45, 7) is 0. The summed E-state index contributed by atoms with van der Waals surface area (Å²) in [5.74, 6) is 0. The zero-order valence-electron chi connectivity index (χ0n) is 9.17. The van der Waals surface area contributed by atoms with Gasteiger partial charge in [0.05, 0.1) is 0 Å². The van der Waals surface area contributed by atoms with Crippen molar-refractivity contribution in [2.24, 2.45) is 0 Å². The first-order valence-electron chi connectivity index (χ1n) is 4.33. The highest BCUT2D eigenvalue weighted by atomic mass is 35.6. The van der Waals surface area contributed by atoms with E-state index in [1.54, 1.807) is 0 Å². The Kier molecular flexibility index (Phi) is 9.58. The summed E-state index contributed by atoms with van der Waals surface area (Å²) < 4.78 is -15.5. The topological polar surface area (TPSA) is 0 Å². The molecule has 0 saturated heterocycles. The maximum atomic E-state index is 6.02. The van der Waals surface area contributed by atoms with Crippen LogP contribution in [0.2, 0.25) is 0 Å². The van der Waals surface area contributed by atoms with Gasteiger partial charge >= 0.3 is 0 Å². The predicted octanol–water partition coefficient (Wildman–Crippen LogP) is 9.19. The minimum absolute atomic E-state index is 0.780. The highest BCUT2D eigenvalue weighted by molar-refractivity contribution is 6.82. The summed E-state index contributed by atoms with van der Waals surface area (Å²) in [7, 11) is 0. The molecule has 15 heteroatoms. The summed E-state index contributed by atoms with van der Waals surface area (Å²) in [5, 5.41) is -0.780. The van der Waals surface area contributed by atoms with Gasteiger partial charge in [0.1, 0.15) is 0 Å². The lowest BCUT2D eigenvalue weighted by atomic mass is 10.1. The van der Waals surface area contributed by atoms with Gasteiger partial charge in [-0.2, -0.15) is 0 Å². The Bertz CT molecular complexity index is 397. The van der Waals surface area contributed by atoms with Crippen molar-refractivity contribution in [3.05, 3.63) is 5.38 Å². The van der Waals surface area contributed by atoms with E-state index in [1.165, 1.54) is 0 Å². The minimum atomic E-state index is -2.73. The second kappa shape index (κ2) is 8.00. The Morgan fingerprint density at radius 1 is 0.455 bits per heavy atom. The van der Waals surface area contributed by atoms with Crippen LogP contribution in [-0.4, -0.2) is 24.9 Å². The van der Waals surface area contributed by atoms with Crippen molar-refractivity contribution in [1.29, 1.82) is 0 Å². The predicted molar refractivity (Wildman–Crippen MR) is 107 cm³/mol. The Hall–Kier alpha value is 4.35. The third-order valence-electron chi connectivity index (χ3n) is 2.06. The molecule has 0 unspecified atom stereocenters. The average Bonchev–Trinajstić information content (AvgIpc) is 2.24. The molecule has 1 radical (unpaired) electrons. The maximum absolute atomic E-state index is 6.02. The van der Waals surface area contributed by atoms with E-state index < -0.39 is 30.3 Å². The molecule has 0 N–H and O–H groups in total. The lowest BCUT2D eigenvalue weighted by Crippen LogP contribution is -2.63. The highest BCUT2D eigenvalue weighted by Gasteiger charge is 2.75. The standard InChI is InChI=1S/C7Cl15/c8-1(3(11,12)13)2(9,10)4(14,15)5(16,17)6(18,19)7(20,21)22. The van der Waals surface area contributed by atoms with Crippen LogP contribution in [0.3, 0.4) is 0 Å². The first-order chi connectivity index (χ1) is 9.15. The van der Waals surface area contributed by atoms with Crippen molar-refractivity contribution in [1.82, 2.24) is 0 Å². The summed E-state index contributed by atoms with van der Waals surface area (Å²) in [6.07, 6.45) is 0. The lowest BCUT2D eigenvalue weighted by molar-refractivity contribution is 0.546.